The van der Waals surface area contributed by atoms with E-state index in [-0.39, 0.29) is 5.78 Å². The molecular formula is C6H8N2O2. The van der Waals surface area contributed by atoms with Gasteiger partial charge in [0.2, 0.25) is 0 Å². The Labute approximate surface area is 58.2 Å². The Hall–Kier alpha value is -1.32. The molecule has 4 nitrogen and oxygen atoms in total. The molecule has 1 N–H and O–H groups in total. The Morgan fingerprint density at radius 1 is 1.80 bits per heavy atom. The predicted octanol–water partition coefficient (Wildman–Crippen LogP) is 0.621. The van der Waals surface area contributed by atoms with Gasteiger partial charge in [-0.15, -0.1) is 0 Å². The minimum absolute atomic E-state index is 0.0990. The quantitative estimate of drug-likeness (QED) is 0.612. The van der Waals surface area contributed by atoms with Gasteiger partial charge in [-0.25, -0.2) is 0 Å². The van der Waals surface area contributed by atoms with E-state index >= 15 is 0 Å². The molecule has 0 spiro atoms. The molecule has 1 rings (SSSR count). The minimum Gasteiger partial charge on any atom is -0.493 e. The lowest BCUT2D eigenvalue weighted by Crippen LogP contribution is -1.95. The molecule has 0 aliphatic heterocycles. The van der Waals surface area contributed by atoms with Crippen LogP contribution in [0.4, 0.5) is 0 Å². The number of aromatic nitrogens is 2. The maximum Gasteiger partial charge on any atom is 0.183 e. The van der Waals surface area contributed by atoms with Crippen molar-refractivity contribution in [3.63, 3.8) is 0 Å². The normalized spacial score (nSPS) is 9.40. The summed E-state index contributed by atoms with van der Waals surface area (Å²) in [4.78, 5) is 10.7. The first-order chi connectivity index (χ1) is 4.75. The van der Waals surface area contributed by atoms with Crippen molar-refractivity contribution in [3.05, 3.63) is 11.9 Å². The molecular weight excluding hydrogens is 132 g/mol. The summed E-state index contributed by atoms with van der Waals surface area (Å²) in [7, 11) is 1.50. The maximum atomic E-state index is 10.7. The molecule has 1 aromatic rings. The summed E-state index contributed by atoms with van der Waals surface area (Å²) < 4.78 is 4.83. The average Bonchev–Trinajstić information content (AvgIpc) is 2.33. The van der Waals surface area contributed by atoms with E-state index in [0.717, 1.165) is 0 Å². The van der Waals surface area contributed by atoms with Gasteiger partial charge >= 0.3 is 0 Å². The first-order valence-corrected chi connectivity index (χ1v) is 2.84. The number of carbonyl (C=O) groups is 1. The molecule has 0 saturated carbocycles. The number of aromatic amines is 1. The number of hydrogen-bond donors (Lipinski definition) is 1. The van der Waals surface area contributed by atoms with Crippen LogP contribution in [0.25, 0.3) is 0 Å². The number of nitrogens with zero attached hydrogens (tertiary/aromatic N) is 1. The Kier molecular flexibility index (Phi) is 1.71. The molecule has 0 bridgehead atoms. The number of nitrogens with one attached hydrogen (secondary N) is 1. The molecule has 0 atom stereocenters. The number of Topliss-reactive ketones (excluding diaryl/α,β-unsaturated/α-hetero) is 1. The standard InChI is InChI=1S/C6H8N2O2/c1-4(9)6-5(10-2)3-7-8-6/h3H,1-2H3,(H,7,8). The Morgan fingerprint density at radius 3 is 2.90 bits per heavy atom. The molecule has 0 aliphatic carbocycles. The number of carbonyl (C=O) groups excluding carboxylic acids is 1. The Balaban J connectivity index is 3.01. The largest absolute Gasteiger partial charge is 0.493 e. The molecule has 0 unspecified atom stereocenters. The zero-order valence-electron chi connectivity index (χ0n) is 5.84. The Morgan fingerprint density at radius 2 is 2.50 bits per heavy atom. The van der Waals surface area contributed by atoms with Crippen molar-refractivity contribution in [3.8, 4) is 5.75 Å². The number of ketones is 1. The molecule has 0 aromatic carbocycles. The van der Waals surface area contributed by atoms with Crippen LogP contribution in [0.2, 0.25) is 0 Å². The third-order valence-electron chi connectivity index (χ3n) is 1.16. The van der Waals surface area contributed by atoms with Crippen LogP contribution in [0.1, 0.15) is 17.4 Å². The third-order valence-corrected chi connectivity index (χ3v) is 1.16. The van der Waals surface area contributed by atoms with Gasteiger partial charge in [-0.3, -0.25) is 9.89 Å². The lowest BCUT2D eigenvalue weighted by atomic mass is 10.3. The van der Waals surface area contributed by atoms with Crippen LogP contribution in [0, 0.1) is 0 Å². The van der Waals surface area contributed by atoms with Crippen molar-refractivity contribution < 1.29 is 9.53 Å². The van der Waals surface area contributed by atoms with Crippen LogP contribution in [0.3, 0.4) is 0 Å². The molecule has 10 heavy (non-hydrogen) atoms. The topological polar surface area (TPSA) is 55.0 Å². The van der Waals surface area contributed by atoms with E-state index < -0.39 is 0 Å². The zero-order chi connectivity index (χ0) is 7.56. The van der Waals surface area contributed by atoms with Crippen LogP contribution in [0.15, 0.2) is 6.20 Å². The summed E-state index contributed by atoms with van der Waals surface area (Å²) in [5.41, 5.74) is 0.350. The van der Waals surface area contributed by atoms with Gasteiger partial charge in [-0.05, 0) is 0 Å². The van der Waals surface area contributed by atoms with Crippen molar-refractivity contribution >= 4 is 5.78 Å². The van der Waals surface area contributed by atoms with E-state index in [9.17, 15) is 4.79 Å². The van der Waals surface area contributed by atoms with Crippen molar-refractivity contribution in [2.45, 2.75) is 6.92 Å². The van der Waals surface area contributed by atoms with Crippen LogP contribution in [-0.2, 0) is 0 Å². The van der Waals surface area contributed by atoms with Crippen LogP contribution in [0.5, 0.6) is 5.75 Å². The van der Waals surface area contributed by atoms with E-state index in [0.29, 0.717) is 11.4 Å². The molecule has 0 fully saturated rings. The van der Waals surface area contributed by atoms with E-state index in [4.69, 9.17) is 4.74 Å². The lowest BCUT2D eigenvalue weighted by Gasteiger charge is -1.93. The molecule has 1 aromatic heterocycles. The SMILES string of the molecule is COc1c[nH]nc1C(C)=O. The number of methoxy groups -OCH3 is 1. The first-order valence-electron chi connectivity index (χ1n) is 2.84. The molecule has 0 aliphatic rings. The first kappa shape index (κ1) is 6.80. The second kappa shape index (κ2) is 2.51. The van der Waals surface area contributed by atoms with E-state index in [2.05, 4.69) is 10.2 Å². The fourth-order valence-electron chi connectivity index (χ4n) is 0.687. The van der Waals surface area contributed by atoms with Crippen molar-refractivity contribution in [2.24, 2.45) is 0 Å². The smallest absolute Gasteiger partial charge is 0.183 e. The molecule has 0 amide bonds. The van der Waals surface area contributed by atoms with Gasteiger partial charge in [0.25, 0.3) is 0 Å². The van der Waals surface area contributed by atoms with E-state index in [1.54, 1.807) is 0 Å². The minimum atomic E-state index is -0.0990. The highest BCUT2D eigenvalue weighted by atomic mass is 16.5. The van der Waals surface area contributed by atoms with Crippen LogP contribution >= 0.6 is 0 Å². The summed E-state index contributed by atoms with van der Waals surface area (Å²) in [6.45, 7) is 1.44. The summed E-state index contributed by atoms with van der Waals surface area (Å²) in [5, 5.41) is 6.22. The van der Waals surface area contributed by atoms with E-state index in [1.807, 2.05) is 0 Å². The highest BCUT2D eigenvalue weighted by Gasteiger charge is 2.09. The van der Waals surface area contributed by atoms with Gasteiger partial charge in [-0.1, -0.05) is 0 Å². The van der Waals surface area contributed by atoms with Crippen molar-refractivity contribution in [1.29, 1.82) is 0 Å². The second-order valence-electron chi connectivity index (χ2n) is 1.86. The van der Waals surface area contributed by atoms with Gasteiger partial charge < -0.3 is 4.74 Å². The maximum absolute atomic E-state index is 10.7. The third kappa shape index (κ3) is 1.00. The van der Waals surface area contributed by atoms with E-state index in [1.165, 1.54) is 20.2 Å². The van der Waals surface area contributed by atoms with Crippen LogP contribution < -0.4 is 4.74 Å². The highest BCUT2D eigenvalue weighted by molar-refractivity contribution is 5.94. The van der Waals surface area contributed by atoms with Gasteiger partial charge in [0, 0.05) is 6.92 Å². The fraction of sp³-hybridized carbons (Fsp3) is 0.333. The second-order valence-corrected chi connectivity index (χ2v) is 1.86. The predicted molar refractivity (Wildman–Crippen MR) is 35.1 cm³/mol. The number of hydrogen-bond acceptors (Lipinski definition) is 3. The van der Waals surface area contributed by atoms with Gasteiger partial charge in [0.15, 0.2) is 17.2 Å². The fourth-order valence-corrected chi connectivity index (χ4v) is 0.687. The summed E-state index contributed by atoms with van der Waals surface area (Å²) in [6, 6.07) is 0. The molecule has 0 saturated heterocycles. The zero-order valence-corrected chi connectivity index (χ0v) is 5.84. The number of H-pyrrole nitrogens is 1. The molecule has 54 valence electrons. The lowest BCUT2D eigenvalue weighted by molar-refractivity contribution is 0.101. The number of rotatable bonds is 2. The Bertz CT molecular complexity index is 242. The average molecular weight is 140 g/mol. The van der Waals surface area contributed by atoms with Gasteiger partial charge in [-0.2, -0.15) is 5.10 Å². The van der Waals surface area contributed by atoms with Crippen molar-refractivity contribution in [1.82, 2.24) is 10.2 Å². The molecule has 1 heterocycles. The highest BCUT2D eigenvalue weighted by Crippen LogP contribution is 2.13. The van der Waals surface area contributed by atoms with Gasteiger partial charge in [0.05, 0.1) is 13.3 Å². The summed E-state index contributed by atoms with van der Waals surface area (Å²) >= 11 is 0. The summed E-state index contributed by atoms with van der Waals surface area (Å²) in [6.07, 6.45) is 1.54. The molecule has 4 heteroatoms. The van der Waals surface area contributed by atoms with Crippen molar-refractivity contribution in [2.75, 3.05) is 7.11 Å². The summed E-state index contributed by atoms with van der Waals surface area (Å²) in [5.74, 6) is 0.394. The van der Waals surface area contributed by atoms with Crippen LogP contribution in [-0.4, -0.2) is 23.1 Å². The monoisotopic (exact) mass is 140 g/mol. The van der Waals surface area contributed by atoms with Gasteiger partial charge in [0.1, 0.15) is 0 Å². The number of ether oxygens (including phenoxy) is 1. The molecule has 0 radical (unpaired) electrons.